The number of thiol groups is 2. The van der Waals surface area contributed by atoms with Crippen LogP contribution in [0, 0.1) is 0 Å². The average molecular weight is 258 g/mol. The van der Waals surface area contributed by atoms with Gasteiger partial charge in [0.25, 0.3) is 0 Å². The third-order valence-corrected chi connectivity index (χ3v) is 2.03. The lowest BCUT2D eigenvalue weighted by atomic mass is 10.2. The molecule has 0 spiro atoms. The number of hydrogen-bond donors (Lipinski definition) is 2. The monoisotopic (exact) mass is 258 g/mol. The van der Waals surface area contributed by atoms with Crippen LogP contribution < -0.4 is 4.65 Å². The Kier molecular flexibility index (Phi) is 7.58. The molecule has 0 aromatic heterocycles. The molecule has 0 aliphatic carbocycles. The molecule has 0 bridgehead atoms. The first-order valence-electron chi connectivity index (χ1n) is 5.03. The standard InChI is InChI=1S/C10H15BO3S2/c15-8-6-12-11(13-7-9-16)14-10-4-2-1-3-5-10/h1-5,15-16H,6-9H2. The van der Waals surface area contributed by atoms with E-state index in [1.807, 2.05) is 30.3 Å². The lowest BCUT2D eigenvalue weighted by Gasteiger charge is -2.14. The number of hydrogen-bond acceptors (Lipinski definition) is 5. The molecule has 0 aliphatic heterocycles. The van der Waals surface area contributed by atoms with E-state index in [0.717, 1.165) is 0 Å². The maximum Gasteiger partial charge on any atom is 0.713 e. The van der Waals surface area contributed by atoms with Crippen molar-refractivity contribution in [3.63, 3.8) is 0 Å². The number of benzene rings is 1. The molecule has 0 saturated carbocycles. The van der Waals surface area contributed by atoms with Crippen LogP contribution in [0.4, 0.5) is 0 Å². The van der Waals surface area contributed by atoms with Gasteiger partial charge in [-0.1, -0.05) is 18.2 Å². The van der Waals surface area contributed by atoms with Gasteiger partial charge in [0.2, 0.25) is 0 Å². The molecule has 1 aromatic carbocycles. The minimum Gasteiger partial charge on any atom is -0.512 e. The van der Waals surface area contributed by atoms with Crippen molar-refractivity contribution >= 4 is 32.6 Å². The van der Waals surface area contributed by atoms with Crippen LogP contribution in [0.5, 0.6) is 5.75 Å². The van der Waals surface area contributed by atoms with Crippen LogP contribution >= 0.6 is 25.3 Å². The molecule has 1 aromatic rings. The summed E-state index contributed by atoms with van der Waals surface area (Å²) in [6.45, 7) is 0.959. The summed E-state index contributed by atoms with van der Waals surface area (Å²) in [5, 5.41) is 0. The smallest absolute Gasteiger partial charge is 0.512 e. The Bertz CT molecular complexity index is 266. The van der Waals surface area contributed by atoms with Crippen LogP contribution in [0.25, 0.3) is 0 Å². The molecule has 6 heteroatoms. The third-order valence-electron chi connectivity index (χ3n) is 1.67. The number of rotatable bonds is 8. The normalized spacial score (nSPS) is 10.1. The fourth-order valence-corrected chi connectivity index (χ4v) is 1.24. The summed E-state index contributed by atoms with van der Waals surface area (Å²) < 4.78 is 16.2. The third kappa shape index (κ3) is 5.70. The van der Waals surface area contributed by atoms with Crippen molar-refractivity contribution in [2.24, 2.45) is 0 Å². The maximum absolute atomic E-state index is 5.51. The summed E-state index contributed by atoms with van der Waals surface area (Å²) in [4.78, 5) is 0. The molecule has 0 atom stereocenters. The molecule has 88 valence electrons. The topological polar surface area (TPSA) is 27.7 Å². The second kappa shape index (κ2) is 8.81. The van der Waals surface area contributed by atoms with Crippen molar-refractivity contribution < 1.29 is 14.0 Å². The van der Waals surface area contributed by atoms with E-state index in [-0.39, 0.29) is 0 Å². The molecule has 0 N–H and O–H groups in total. The van der Waals surface area contributed by atoms with Gasteiger partial charge < -0.3 is 14.0 Å². The lowest BCUT2D eigenvalue weighted by Crippen LogP contribution is -2.32. The van der Waals surface area contributed by atoms with Gasteiger partial charge in [-0.2, -0.15) is 25.3 Å². The van der Waals surface area contributed by atoms with Crippen LogP contribution in [-0.4, -0.2) is 32.0 Å². The molecule has 1 rings (SSSR count). The molecular weight excluding hydrogens is 243 g/mol. The Labute approximate surface area is 107 Å². The van der Waals surface area contributed by atoms with E-state index in [1.54, 1.807) is 0 Å². The van der Waals surface area contributed by atoms with Crippen LogP contribution in [0.15, 0.2) is 30.3 Å². The molecular formula is C10H15BO3S2. The predicted octanol–water partition coefficient (Wildman–Crippen LogP) is 1.94. The summed E-state index contributed by atoms with van der Waals surface area (Å²) in [5.74, 6) is 1.96. The van der Waals surface area contributed by atoms with Crippen molar-refractivity contribution in [2.45, 2.75) is 0 Å². The fraction of sp³-hybridized carbons (Fsp3) is 0.400. The Morgan fingerprint density at radius 1 is 0.938 bits per heavy atom. The predicted molar refractivity (Wildman–Crippen MR) is 72.4 cm³/mol. The van der Waals surface area contributed by atoms with Crippen molar-refractivity contribution in [2.75, 3.05) is 24.7 Å². The SMILES string of the molecule is SCCOB(OCCS)Oc1ccccc1. The molecule has 0 saturated heterocycles. The first-order valence-corrected chi connectivity index (χ1v) is 6.30. The van der Waals surface area contributed by atoms with Gasteiger partial charge in [-0.05, 0) is 12.1 Å². The van der Waals surface area contributed by atoms with E-state index in [1.165, 1.54) is 0 Å². The van der Waals surface area contributed by atoms with E-state index in [2.05, 4.69) is 25.3 Å². The van der Waals surface area contributed by atoms with Crippen LogP contribution in [0.1, 0.15) is 0 Å². The first-order chi connectivity index (χ1) is 7.86. The summed E-state index contributed by atoms with van der Waals surface area (Å²) >= 11 is 8.12. The van der Waals surface area contributed by atoms with E-state index in [0.29, 0.717) is 30.5 Å². The molecule has 0 unspecified atom stereocenters. The Balaban J connectivity index is 2.42. The van der Waals surface area contributed by atoms with E-state index in [9.17, 15) is 0 Å². The van der Waals surface area contributed by atoms with Gasteiger partial charge in [-0.25, -0.2) is 0 Å². The van der Waals surface area contributed by atoms with Gasteiger partial charge >= 0.3 is 7.32 Å². The van der Waals surface area contributed by atoms with E-state index >= 15 is 0 Å². The molecule has 3 nitrogen and oxygen atoms in total. The van der Waals surface area contributed by atoms with Crippen LogP contribution in [0.3, 0.4) is 0 Å². The highest BCUT2D eigenvalue weighted by atomic mass is 32.1. The lowest BCUT2D eigenvalue weighted by molar-refractivity contribution is 0.155. The minimum atomic E-state index is -0.693. The zero-order chi connectivity index (χ0) is 11.6. The first kappa shape index (κ1) is 13.8. The Hall–Kier alpha value is -0.295. The summed E-state index contributed by atoms with van der Waals surface area (Å²) in [6.07, 6.45) is 0. The summed E-state index contributed by atoms with van der Waals surface area (Å²) in [7, 11) is -0.693. The molecule has 0 radical (unpaired) electrons. The molecule has 0 heterocycles. The van der Waals surface area contributed by atoms with Crippen LogP contribution in [0.2, 0.25) is 0 Å². The van der Waals surface area contributed by atoms with Crippen molar-refractivity contribution in [1.29, 1.82) is 0 Å². The van der Waals surface area contributed by atoms with Gasteiger partial charge in [0, 0.05) is 24.7 Å². The van der Waals surface area contributed by atoms with Gasteiger partial charge in [0.15, 0.2) is 0 Å². The highest BCUT2D eigenvalue weighted by Crippen LogP contribution is 2.10. The summed E-state index contributed by atoms with van der Waals surface area (Å²) in [6, 6.07) is 9.40. The molecule has 16 heavy (non-hydrogen) atoms. The van der Waals surface area contributed by atoms with E-state index in [4.69, 9.17) is 14.0 Å². The Morgan fingerprint density at radius 2 is 1.50 bits per heavy atom. The Morgan fingerprint density at radius 3 is 2.00 bits per heavy atom. The van der Waals surface area contributed by atoms with Gasteiger partial charge in [0.1, 0.15) is 5.75 Å². The second-order valence-corrected chi connectivity index (χ2v) is 3.80. The van der Waals surface area contributed by atoms with Crippen LogP contribution in [-0.2, 0) is 9.31 Å². The zero-order valence-corrected chi connectivity index (χ0v) is 10.7. The largest absolute Gasteiger partial charge is 0.713 e. The van der Waals surface area contributed by atoms with Crippen molar-refractivity contribution in [3.8, 4) is 5.75 Å². The molecule has 0 aliphatic rings. The molecule has 0 fully saturated rings. The minimum absolute atomic E-state index is 0.479. The van der Waals surface area contributed by atoms with Gasteiger partial charge in [0.05, 0.1) is 0 Å². The van der Waals surface area contributed by atoms with Gasteiger partial charge in [-0.15, -0.1) is 0 Å². The zero-order valence-electron chi connectivity index (χ0n) is 8.91. The average Bonchev–Trinajstić information content (AvgIpc) is 2.34. The maximum atomic E-state index is 5.51. The fourth-order valence-electron chi connectivity index (χ4n) is 1.02. The highest BCUT2D eigenvalue weighted by molar-refractivity contribution is 7.80. The number of para-hydroxylation sites is 1. The van der Waals surface area contributed by atoms with Crippen molar-refractivity contribution in [3.05, 3.63) is 30.3 Å². The van der Waals surface area contributed by atoms with Crippen molar-refractivity contribution in [1.82, 2.24) is 0 Å². The highest BCUT2D eigenvalue weighted by Gasteiger charge is 2.23. The van der Waals surface area contributed by atoms with Gasteiger partial charge in [-0.3, -0.25) is 0 Å². The van der Waals surface area contributed by atoms with E-state index < -0.39 is 7.32 Å². The molecule has 0 amide bonds. The quantitative estimate of drug-likeness (QED) is 0.551. The second-order valence-electron chi connectivity index (χ2n) is 2.91. The summed E-state index contributed by atoms with van der Waals surface area (Å²) in [5.41, 5.74) is 0.